The molecule has 2 atom stereocenters. The normalized spacial score (nSPS) is 17.7. The number of carbonyl (C=O) groups excluding carboxylic acids is 1. The minimum absolute atomic E-state index is 0.0465. The summed E-state index contributed by atoms with van der Waals surface area (Å²) < 4.78 is 238. The molecule has 0 radical (unpaired) electrons. The summed E-state index contributed by atoms with van der Waals surface area (Å²) in [7, 11) is 0. The van der Waals surface area contributed by atoms with Gasteiger partial charge in [-0.2, -0.15) is 74.6 Å². The lowest BCUT2D eigenvalue weighted by Crippen LogP contribution is -2.68. The SMILES string of the molecule is O=C(Nc1cccc(F)c1)[C@@](F)(OC(F)(F)[C@](F)(OC(F)(F)C(F)(F)C(F)(F)F)C(F)(F)F)C(F)(F)F. The molecule has 22 heteroatoms. The van der Waals surface area contributed by atoms with Crippen LogP contribution in [0.5, 0.6) is 0 Å². The maximum atomic E-state index is 14.3. The minimum atomic E-state index is -8.11. The summed E-state index contributed by atoms with van der Waals surface area (Å²) in [5, 5.41) is 0.641. The zero-order valence-corrected chi connectivity index (χ0v) is 16.3. The van der Waals surface area contributed by atoms with Gasteiger partial charge in [0.2, 0.25) is 0 Å². The Balaban J connectivity index is 3.63. The van der Waals surface area contributed by atoms with Crippen LogP contribution in [-0.4, -0.2) is 54.3 Å². The number of hydrogen-bond donors (Lipinski definition) is 1. The second-order valence-corrected chi connectivity index (χ2v) is 6.46. The summed E-state index contributed by atoms with van der Waals surface area (Å²) in [6.07, 6.45) is -38.8. The highest BCUT2D eigenvalue weighted by Crippen LogP contribution is 2.56. The number of alkyl halides is 17. The van der Waals surface area contributed by atoms with E-state index in [1.165, 1.54) is 4.74 Å². The first-order chi connectivity index (χ1) is 16.1. The molecule has 0 bridgehead atoms. The minimum Gasteiger partial charge on any atom is -0.321 e. The lowest BCUT2D eigenvalue weighted by atomic mass is 10.2. The van der Waals surface area contributed by atoms with E-state index in [2.05, 4.69) is 0 Å². The lowest BCUT2D eigenvalue weighted by Gasteiger charge is -2.40. The van der Waals surface area contributed by atoms with Gasteiger partial charge in [-0.3, -0.25) is 14.3 Å². The molecule has 0 aliphatic rings. The summed E-state index contributed by atoms with van der Waals surface area (Å²) in [6.45, 7) is 0. The van der Waals surface area contributed by atoms with E-state index in [-0.39, 0.29) is 6.07 Å². The first kappa shape index (κ1) is 32.4. The smallest absolute Gasteiger partial charge is 0.321 e. The van der Waals surface area contributed by atoms with Crippen LogP contribution in [-0.2, 0) is 14.3 Å². The highest BCUT2D eigenvalue weighted by atomic mass is 19.4. The van der Waals surface area contributed by atoms with E-state index >= 15 is 0 Å². The van der Waals surface area contributed by atoms with E-state index in [0.29, 0.717) is 23.5 Å². The van der Waals surface area contributed by atoms with Gasteiger partial charge in [-0.1, -0.05) is 6.07 Å². The Morgan fingerprint density at radius 2 is 1.14 bits per heavy atom. The van der Waals surface area contributed by atoms with Crippen molar-refractivity contribution in [3.05, 3.63) is 30.1 Å². The summed E-state index contributed by atoms with van der Waals surface area (Å²) >= 11 is 0. The Morgan fingerprint density at radius 1 is 0.649 bits per heavy atom. The molecule has 0 unspecified atom stereocenters. The average Bonchev–Trinajstić information content (AvgIpc) is 2.64. The van der Waals surface area contributed by atoms with Gasteiger partial charge in [-0.05, 0) is 18.2 Å². The number of anilines is 1. The van der Waals surface area contributed by atoms with Gasteiger partial charge in [0, 0.05) is 5.69 Å². The summed E-state index contributed by atoms with van der Waals surface area (Å²) in [6, 6.07) is 1.56. The van der Waals surface area contributed by atoms with Crippen molar-refractivity contribution in [2.24, 2.45) is 0 Å². The predicted molar refractivity (Wildman–Crippen MR) is 77.9 cm³/mol. The van der Waals surface area contributed by atoms with Crippen LogP contribution in [0.15, 0.2) is 24.3 Å². The number of rotatable bonds is 8. The fraction of sp³-hybridized carbons (Fsp3) is 0.533. The molecule has 0 aliphatic heterocycles. The number of ether oxygens (including phenoxy) is 2. The van der Waals surface area contributed by atoms with Crippen molar-refractivity contribution in [3.8, 4) is 0 Å². The molecule has 0 spiro atoms. The fourth-order valence-corrected chi connectivity index (χ4v) is 1.94. The molecule has 4 nitrogen and oxygen atoms in total. The molecule has 0 saturated carbocycles. The quantitative estimate of drug-likeness (QED) is 0.347. The van der Waals surface area contributed by atoms with Crippen LogP contribution >= 0.6 is 0 Å². The summed E-state index contributed by atoms with van der Waals surface area (Å²) in [5.41, 5.74) is -1.25. The molecule has 1 N–H and O–H groups in total. The number of nitrogens with one attached hydrogen (secondary N) is 1. The molecule has 1 amide bonds. The van der Waals surface area contributed by atoms with E-state index in [4.69, 9.17) is 0 Å². The molecule has 1 rings (SSSR count). The van der Waals surface area contributed by atoms with Crippen LogP contribution in [0.1, 0.15) is 0 Å². The Kier molecular flexibility index (Phi) is 8.11. The van der Waals surface area contributed by atoms with Gasteiger partial charge in [0.15, 0.2) is 0 Å². The Bertz CT molecular complexity index is 986. The van der Waals surface area contributed by atoms with Crippen LogP contribution in [0.2, 0.25) is 0 Å². The van der Waals surface area contributed by atoms with Crippen molar-refractivity contribution in [2.45, 2.75) is 48.4 Å². The number of benzene rings is 1. The van der Waals surface area contributed by atoms with Crippen molar-refractivity contribution in [2.75, 3.05) is 5.32 Å². The number of halogens is 18. The maximum Gasteiger partial charge on any atom is 0.462 e. The molecule has 0 heterocycles. The Hall–Kier alpha value is -2.65. The lowest BCUT2D eigenvalue weighted by molar-refractivity contribution is -0.548. The molecule has 0 saturated heterocycles. The van der Waals surface area contributed by atoms with Crippen LogP contribution in [0.25, 0.3) is 0 Å². The zero-order chi connectivity index (χ0) is 29.7. The molecule has 0 fully saturated rings. The monoisotopic (exact) mass is 589 g/mol. The molecule has 37 heavy (non-hydrogen) atoms. The highest BCUT2D eigenvalue weighted by Gasteiger charge is 2.85. The first-order valence-corrected chi connectivity index (χ1v) is 8.24. The van der Waals surface area contributed by atoms with E-state index in [0.717, 1.165) is 0 Å². The van der Waals surface area contributed by atoms with Crippen LogP contribution in [0, 0.1) is 5.82 Å². The van der Waals surface area contributed by atoms with E-state index < -0.39 is 65.8 Å². The number of carbonyl (C=O) groups is 1. The molecule has 0 aliphatic carbocycles. The van der Waals surface area contributed by atoms with Crippen LogP contribution < -0.4 is 5.32 Å². The number of hydrogen-bond acceptors (Lipinski definition) is 3. The van der Waals surface area contributed by atoms with Crippen molar-refractivity contribution < 1.29 is 93.3 Å². The van der Waals surface area contributed by atoms with Crippen LogP contribution in [0.4, 0.5) is 84.7 Å². The van der Waals surface area contributed by atoms with Crippen molar-refractivity contribution in [1.82, 2.24) is 0 Å². The van der Waals surface area contributed by atoms with Gasteiger partial charge in [-0.25, -0.2) is 4.39 Å². The molecular weight excluding hydrogens is 584 g/mol. The summed E-state index contributed by atoms with van der Waals surface area (Å²) in [4.78, 5) is 11.6. The Morgan fingerprint density at radius 3 is 1.51 bits per heavy atom. The van der Waals surface area contributed by atoms with Crippen LogP contribution in [0.3, 0.4) is 0 Å². The highest BCUT2D eigenvalue weighted by molar-refractivity contribution is 5.96. The molecule has 0 aromatic heterocycles. The van der Waals surface area contributed by atoms with Crippen molar-refractivity contribution in [3.63, 3.8) is 0 Å². The van der Waals surface area contributed by atoms with Gasteiger partial charge in [0.05, 0.1) is 0 Å². The van der Waals surface area contributed by atoms with Gasteiger partial charge in [-0.15, -0.1) is 0 Å². The molecule has 214 valence electrons. The molecular formula is C15H5F18NO3. The van der Waals surface area contributed by atoms with E-state index in [1.54, 1.807) is 0 Å². The topological polar surface area (TPSA) is 47.6 Å². The van der Waals surface area contributed by atoms with E-state index in [9.17, 15) is 83.8 Å². The second kappa shape index (κ2) is 9.27. The zero-order valence-electron chi connectivity index (χ0n) is 16.3. The maximum absolute atomic E-state index is 14.3. The molecule has 1 aromatic rings. The Labute approximate surface area is 190 Å². The third kappa shape index (κ3) is 5.93. The number of amides is 1. The van der Waals surface area contributed by atoms with Crippen molar-refractivity contribution in [1.29, 1.82) is 0 Å². The van der Waals surface area contributed by atoms with Gasteiger partial charge in [0.1, 0.15) is 5.82 Å². The third-order valence-corrected chi connectivity index (χ3v) is 3.74. The predicted octanol–water partition coefficient (Wildman–Crippen LogP) is 6.64. The second-order valence-electron chi connectivity index (χ2n) is 6.46. The summed E-state index contributed by atoms with van der Waals surface area (Å²) in [5.74, 6) is -28.0. The average molecular weight is 589 g/mol. The first-order valence-electron chi connectivity index (χ1n) is 8.24. The van der Waals surface area contributed by atoms with Gasteiger partial charge < -0.3 is 5.32 Å². The fourth-order valence-electron chi connectivity index (χ4n) is 1.94. The third-order valence-electron chi connectivity index (χ3n) is 3.74. The largest absolute Gasteiger partial charge is 0.462 e. The van der Waals surface area contributed by atoms with E-state index in [1.807, 2.05) is 4.74 Å². The molecule has 1 aromatic carbocycles. The van der Waals surface area contributed by atoms with Gasteiger partial charge in [0.25, 0.3) is 5.91 Å². The van der Waals surface area contributed by atoms with Gasteiger partial charge >= 0.3 is 48.4 Å². The standard InChI is InChI=1S/C15H5F18NO3/c16-5-2-1-3-6(4-5)34-7(35)8(17,11(21,22)23)36-15(32,33)10(20,13(27,28)29)37-14(30,31)9(18,19)12(24,25)26/h1-4H,(H,34,35)/t8-,10-/m1/s1. The van der Waals surface area contributed by atoms with Crippen molar-refractivity contribution >= 4 is 11.6 Å².